The summed E-state index contributed by atoms with van der Waals surface area (Å²) in [5, 5.41) is 5.19. The molecular formula is C36H34FN7O7. The molecule has 14 nitrogen and oxygen atoms in total. The lowest BCUT2D eigenvalue weighted by Crippen LogP contribution is -2.54. The smallest absolute Gasteiger partial charge is 0.262 e. The second-order valence-electron chi connectivity index (χ2n) is 11.5. The molecule has 1 aromatic carbocycles. The molecule has 5 aromatic rings. The Morgan fingerprint density at radius 2 is 1.69 bits per heavy atom. The van der Waals surface area contributed by atoms with Crippen LogP contribution in [0.4, 0.5) is 10.2 Å². The topological polar surface area (TPSA) is 166 Å². The Balaban J connectivity index is 0.00000448. The van der Waals surface area contributed by atoms with Crippen molar-refractivity contribution >= 4 is 35.1 Å². The third-order valence-electron chi connectivity index (χ3n) is 8.30. The van der Waals surface area contributed by atoms with Crippen molar-refractivity contribution in [2.45, 2.75) is 26.3 Å². The lowest BCUT2D eigenvalue weighted by molar-refractivity contribution is -0.136. The van der Waals surface area contributed by atoms with Crippen LogP contribution in [0.2, 0.25) is 0 Å². The minimum absolute atomic E-state index is 0. The number of hydrogen-bond donors (Lipinski definition) is 2. The molecule has 1 atom stereocenters. The summed E-state index contributed by atoms with van der Waals surface area (Å²) in [6.07, 6.45) is 5.47. The fourth-order valence-electron chi connectivity index (χ4n) is 5.77. The summed E-state index contributed by atoms with van der Waals surface area (Å²) in [6.45, 7) is 1.03. The van der Waals surface area contributed by atoms with Crippen molar-refractivity contribution in [3.05, 3.63) is 90.3 Å². The molecule has 51 heavy (non-hydrogen) atoms. The van der Waals surface area contributed by atoms with E-state index in [1.165, 1.54) is 12.1 Å². The number of fused-ring (bicyclic) bond motifs is 2. The Hall–Kier alpha value is -6.22. The van der Waals surface area contributed by atoms with Gasteiger partial charge in [-0.05, 0) is 61.0 Å². The van der Waals surface area contributed by atoms with Gasteiger partial charge in [0.05, 0.1) is 54.6 Å². The Labute approximate surface area is 291 Å². The number of ether oxygens (including phenoxy) is 3. The van der Waals surface area contributed by atoms with Crippen molar-refractivity contribution in [2.24, 2.45) is 0 Å². The summed E-state index contributed by atoms with van der Waals surface area (Å²) in [6, 6.07) is 14.0. The molecule has 262 valence electrons. The number of benzene rings is 1. The molecule has 2 N–H and O–H groups in total. The third-order valence-corrected chi connectivity index (χ3v) is 8.30. The molecule has 4 amide bonds. The number of rotatable bonds is 12. The SMILES string of the molecule is C.COc1ccc2nc(-c3ccc(-c4ccc(NCCOCCOc5ccc6c(c5)C(=O)N(C5CCC(=O)NC5=O)C6=O)nc4F)nc3)cn2c1. The predicted molar refractivity (Wildman–Crippen MR) is 183 cm³/mol. The molecule has 0 radical (unpaired) electrons. The van der Waals surface area contributed by atoms with Crippen LogP contribution < -0.4 is 20.1 Å². The predicted octanol–water partition coefficient (Wildman–Crippen LogP) is 4.15. The fraction of sp³-hybridized carbons (Fsp3) is 0.250. The number of carbonyl (C=O) groups excluding carboxylic acids is 4. The van der Waals surface area contributed by atoms with E-state index in [0.29, 0.717) is 29.6 Å². The highest BCUT2D eigenvalue weighted by Gasteiger charge is 2.44. The molecule has 6 heterocycles. The standard InChI is InChI=1S/C35H30FN7O7.CH4/c1-48-22-4-10-30-39-27(19-42(30)18-22)20-2-7-26(38-17-20)24-6-9-29(40-32(24)36)37-12-13-49-14-15-50-21-3-5-23-25(16-21)35(47)43(34(23)46)28-8-11-31(44)41-33(28)45;/h2-7,9-10,16-19,28H,8,11-15H2,1H3,(H,37,40)(H,41,44,45);1H4. The van der Waals surface area contributed by atoms with Crippen molar-refractivity contribution in [3.8, 4) is 34.0 Å². The van der Waals surface area contributed by atoms with Gasteiger partial charge in [0.25, 0.3) is 11.8 Å². The number of halogens is 1. The second kappa shape index (κ2) is 14.7. The molecule has 1 unspecified atom stereocenters. The quantitative estimate of drug-likeness (QED) is 0.109. The number of piperidine rings is 1. The normalized spacial score (nSPS) is 15.4. The van der Waals surface area contributed by atoms with Crippen LogP contribution >= 0.6 is 0 Å². The first-order valence-electron chi connectivity index (χ1n) is 15.7. The summed E-state index contributed by atoms with van der Waals surface area (Å²) in [7, 11) is 1.60. The van der Waals surface area contributed by atoms with Gasteiger partial charge in [0, 0.05) is 30.9 Å². The first-order valence-corrected chi connectivity index (χ1v) is 15.7. The molecule has 0 aliphatic carbocycles. The van der Waals surface area contributed by atoms with Crippen LogP contribution in [0.3, 0.4) is 0 Å². The molecular weight excluding hydrogens is 661 g/mol. The number of hydrogen-bond acceptors (Lipinski definition) is 11. The zero-order valence-electron chi connectivity index (χ0n) is 26.7. The highest BCUT2D eigenvalue weighted by atomic mass is 19.1. The summed E-state index contributed by atoms with van der Waals surface area (Å²) >= 11 is 0. The first kappa shape index (κ1) is 34.6. The Morgan fingerprint density at radius 3 is 2.45 bits per heavy atom. The van der Waals surface area contributed by atoms with Crippen molar-refractivity contribution in [1.82, 2.24) is 29.6 Å². The number of nitrogens with zero attached hydrogens (tertiary/aromatic N) is 5. The number of carbonyl (C=O) groups is 4. The Kier molecular flexibility index (Phi) is 10.00. The zero-order chi connectivity index (χ0) is 34.8. The van der Waals surface area contributed by atoms with Gasteiger partial charge in [0.15, 0.2) is 0 Å². The number of aromatic nitrogens is 4. The average molecular weight is 696 g/mol. The highest BCUT2D eigenvalue weighted by Crippen LogP contribution is 2.30. The van der Waals surface area contributed by atoms with Gasteiger partial charge in [-0.2, -0.15) is 4.39 Å². The van der Waals surface area contributed by atoms with Gasteiger partial charge in [0.1, 0.15) is 35.6 Å². The zero-order valence-corrected chi connectivity index (χ0v) is 26.7. The van der Waals surface area contributed by atoms with Crippen LogP contribution in [0.25, 0.3) is 28.2 Å². The Bertz CT molecular complexity index is 2140. The molecule has 1 fully saturated rings. The lowest BCUT2D eigenvalue weighted by atomic mass is 10.0. The minimum atomic E-state index is -1.03. The van der Waals surface area contributed by atoms with Crippen molar-refractivity contribution in [3.63, 3.8) is 0 Å². The lowest BCUT2D eigenvalue weighted by Gasteiger charge is -2.27. The number of imidazole rings is 1. The van der Waals surface area contributed by atoms with Crippen LogP contribution in [-0.2, 0) is 14.3 Å². The van der Waals surface area contributed by atoms with Crippen LogP contribution in [0.15, 0.2) is 73.2 Å². The summed E-state index contributed by atoms with van der Waals surface area (Å²) in [5.74, 6) is -1.55. The van der Waals surface area contributed by atoms with E-state index in [-0.39, 0.29) is 56.8 Å². The molecule has 15 heteroatoms. The minimum Gasteiger partial charge on any atom is -0.495 e. The molecule has 2 aliphatic rings. The van der Waals surface area contributed by atoms with Crippen molar-refractivity contribution in [2.75, 3.05) is 38.8 Å². The first-order chi connectivity index (χ1) is 24.3. The molecule has 2 aliphatic heterocycles. The van der Waals surface area contributed by atoms with Crippen molar-refractivity contribution in [1.29, 1.82) is 0 Å². The van der Waals surface area contributed by atoms with E-state index in [1.807, 2.05) is 35.0 Å². The van der Waals surface area contributed by atoms with E-state index >= 15 is 0 Å². The van der Waals surface area contributed by atoms with Gasteiger partial charge in [0.2, 0.25) is 17.8 Å². The largest absolute Gasteiger partial charge is 0.495 e. The van der Waals surface area contributed by atoms with Gasteiger partial charge in [-0.25, -0.2) is 9.97 Å². The third kappa shape index (κ3) is 7.10. The summed E-state index contributed by atoms with van der Waals surface area (Å²) < 4.78 is 33.4. The van der Waals surface area contributed by atoms with Crippen molar-refractivity contribution < 1.29 is 37.8 Å². The number of imide groups is 2. The second-order valence-corrected chi connectivity index (χ2v) is 11.5. The molecule has 4 aromatic heterocycles. The average Bonchev–Trinajstić information content (AvgIpc) is 3.65. The maximum absolute atomic E-state index is 14.9. The van der Waals surface area contributed by atoms with Crippen LogP contribution in [0.5, 0.6) is 11.5 Å². The van der Waals surface area contributed by atoms with Gasteiger partial charge in [-0.1, -0.05) is 7.43 Å². The maximum Gasteiger partial charge on any atom is 0.262 e. The van der Waals surface area contributed by atoms with E-state index in [1.54, 1.807) is 37.6 Å². The molecule has 0 spiro atoms. The van der Waals surface area contributed by atoms with Gasteiger partial charge in [-0.3, -0.25) is 34.4 Å². The number of methoxy groups -OCH3 is 1. The molecule has 0 saturated carbocycles. The van der Waals surface area contributed by atoms with E-state index in [2.05, 4.69) is 25.6 Å². The van der Waals surface area contributed by atoms with Crippen LogP contribution in [-0.4, -0.2) is 87.4 Å². The van der Waals surface area contributed by atoms with E-state index < -0.39 is 35.6 Å². The van der Waals surface area contributed by atoms with Crippen LogP contribution in [0, 0.1) is 5.95 Å². The molecule has 1 saturated heterocycles. The number of pyridine rings is 3. The molecule has 0 bridgehead atoms. The molecule has 7 rings (SSSR count). The number of amides is 4. The van der Waals surface area contributed by atoms with Gasteiger partial charge < -0.3 is 23.9 Å². The fourth-order valence-corrected chi connectivity index (χ4v) is 5.77. The monoisotopic (exact) mass is 695 g/mol. The van der Waals surface area contributed by atoms with Crippen LogP contribution in [0.1, 0.15) is 41.0 Å². The maximum atomic E-state index is 14.9. The van der Waals surface area contributed by atoms with Gasteiger partial charge in [-0.15, -0.1) is 0 Å². The van der Waals surface area contributed by atoms with E-state index in [9.17, 15) is 23.6 Å². The number of nitrogens with one attached hydrogen (secondary N) is 2. The Morgan fingerprint density at radius 1 is 0.882 bits per heavy atom. The summed E-state index contributed by atoms with van der Waals surface area (Å²) in [4.78, 5) is 63.5. The highest BCUT2D eigenvalue weighted by molar-refractivity contribution is 6.23. The summed E-state index contributed by atoms with van der Waals surface area (Å²) in [5.41, 5.74) is 3.26. The number of anilines is 1. The van der Waals surface area contributed by atoms with E-state index in [0.717, 1.165) is 21.8 Å². The van der Waals surface area contributed by atoms with Gasteiger partial charge >= 0.3 is 0 Å². The van der Waals surface area contributed by atoms with E-state index in [4.69, 9.17) is 14.2 Å².